The van der Waals surface area contributed by atoms with E-state index in [-0.39, 0.29) is 41.3 Å². The lowest BCUT2D eigenvalue weighted by molar-refractivity contribution is 0.0946. The molecule has 0 saturated carbocycles. The van der Waals surface area contributed by atoms with Crippen molar-refractivity contribution in [3.8, 4) is 17.1 Å². The molecule has 8 nitrogen and oxygen atoms in total. The maximum atomic E-state index is 13.0. The Morgan fingerprint density at radius 1 is 1.00 bits per heavy atom. The number of amides is 1. The minimum Gasteiger partial charge on any atom is -0.475 e. The molecule has 1 aliphatic rings. The lowest BCUT2D eigenvalue weighted by atomic mass is 9.97. The Hall–Kier alpha value is -3.46. The number of aromatic nitrogens is 2. The van der Waals surface area contributed by atoms with Crippen molar-refractivity contribution < 1.29 is 17.9 Å². The van der Waals surface area contributed by atoms with Crippen molar-refractivity contribution >= 4 is 21.9 Å². The van der Waals surface area contributed by atoms with Gasteiger partial charge in [0, 0.05) is 16.7 Å². The third-order valence-electron chi connectivity index (χ3n) is 5.08. The highest BCUT2D eigenvalue weighted by atomic mass is 32.2. The summed E-state index contributed by atoms with van der Waals surface area (Å²) < 4.78 is 34.2. The first kappa shape index (κ1) is 20.8. The van der Waals surface area contributed by atoms with E-state index < -0.39 is 10.0 Å². The molecule has 0 atom stereocenters. The van der Waals surface area contributed by atoms with Crippen molar-refractivity contribution in [3.63, 3.8) is 0 Å². The number of fused-ring (bicyclic) bond motifs is 4. The van der Waals surface area contributed by atoms with Crippen LogP contribution < -0.4 is 14.8 Å². The lowest BCUT2D eigenvalue weighted by Gasteiger charge is -2.16. The van der Waals surface area contributed by atoms with Gasteiger partial charge in [0.25, 0.3) is 15.9 Å². The number of sulfonamides is 1. The summed E-state index contributed by atoms with van der Waals surface area (Å²) in [4.78, 5) is 21.1. The summed E-state index contributed by atoms with van der Waals surface area (Å²) in [5.74, 6) is -0.224. The molecule has 1 aliphatic heterocycles. The highest BCUT2D eigenvalue weighted by Crippen LogP contribution is 2.33. The zero-order chi connectivity index (χ0) is 22.2. The molecule has 0 radical (unpaired) electrons. The van der Waals surface area contributed by atoms with Gasteiger partial charge in [0.1, 0.15) is 6.61 Å². The van der Waals surface area contributed by atoms with Gasteiger partial charge in [-0.05, 0) is 50.1 Å². The smallest absolute Gasteiger partial charge is 0.264 e. The Morgan fingerprint density at radius 3 is 2.45 bits per heavy atom. The second-order valence-corrected chi connectivity index (χ2v) is 9.01. The summed E-state index contributed by atoms with van der Waals surface area (Å²) in [6.45, 7) is 6.17. The fourth-order valence-corrected chi connectivity index (χ4v) is 4.50. The standard InChI is InChI=1S/C22H22N4O4S/c1-13-6-4-7-14(2)18(13)19-15(3)21-25-22(24-19)26-31(28,29)17-9-5-8-16(12-17)20(27)23-10-11-30-21/h4-9,12H,10-11H2,1-3H3,(H,23,27)(H,24,25,26). The molecule has 0 fully saturated rings. The third-order valence-corrected chi connectivity index (χ3v) is 6.40. The molecule has 4 rings (SSSR count). The highest BCUT2D eigenvalue weighted by molar-refractivity contribution is 7.92. The van der Waals surface area contributed by atoms with Crippen LogP contribution in [0.1, 0.15) is 27.0 Å². The zero-order valence-electron chi connectivity index (χ0n) is 17.4. The summed E-state index contributed by atoms with van der Waals surface area (Å²) in [7, 11) is -4.02. The van der Waals surface area contributed by atoms with Gasteiger partial charge in [-0.1, -0.05) is 24.3 Å². The maximum absolute atomic E-state index is 13.0. The molecular weight excluding hydrogens is 416 g/mol. The van der Waals surface area contributed by atoms with Gasteiger partial charge in [-0.3, -0.25) is 4.79 Å². The van der Waals surface area contributed by atoms with Crippen molar-refractivity contribution in [2.45, 2.75) is 25.7 Å². The van der Waals surface area contributed by atoms with Crippen LogP contribution in [0, 0.1) is 20.8 Å². The third kappa shape index (κ3) is 4.09. The van der Waals surface area contributed by atoms with Crippen LogP contribution in [0.5, 0.6) is 5.88 Å². The van der Waals surface area contributed by atoms with Gasteiger partial charge in [0.05, 0.1) is 17.1 Å². The first-order chi connectivity index (χ1) is 14.8. The largest absolute Gasteiger partial charge is 0.475 e. The van der Waals surface area contributed by atoms with E-state index in [0.717, 1.165) is 16.7 Å². The first-order valence-electron chi connectivity index (χ1n) is 9.75. The Bertz CT molecular complexity index is 1270. The molecule has 0 saturated heterocycles. The van der Waals surface area contributed by atoms with E-state index in [9.17, 15) is 13.2 Å². The Labute approximate surface area is 180 Å². The van der Waals surface area contributed by atoms with E-state index in [2.05, 4.69) is 20.0 Å². The minimum absolute atomic E-state index is 0.0559. The molecule has 160 valence electrons. The molecule has 0 unspecified atom stereocenters. The highest BCUT2D eigenvalue weighted by Gasteiger charge is 2.22. The summed E-state index contributed by atoms with van der Waals surface area (Å²) in [5.41, 5.74) is 4.40. The molecule has 1 aromatic heterocycles. The van der Waals surface area contributed by atoms with E-state index in [1.165, 1.54) is 18.2 Å². The van der Waals surface area contributed by atoms with Crippen LogP contribution in [0.25, 0.3) is 11.3 Å². The summed E-state index contributed by atoms with van der Waals surface area (Å²) in [6, 6.07) is 11.7. The number of nitrogens with zero attached hydrogens (tertiary/aromatic N) is 2. The Morgan fingerprint density at radius 2 is 1.71 bits per heavy atom. The monoisotopic (exact) mass is 438 g/mol. The van der Waals surface area contributed by atoms with Crippen LogP contribution in [0.3, 0.4) is 0 Å². The average molecular weight is 439 g/mol. The predicted molar refractivity (Wildman–Crippen MR) is 117 cm³/mol. The fraction of sp³-hybridized carbons (Fsp3) is 0.227. The Kier molecular flexibility index (Phi) is 5.36. The number of hydrogen-bond acceptors (Lipinski definition) is 6. The number of benzene rings is 2. The molecule has 3 aromatic rings. The molecule has 31 heavy (non-hydrogen) atoms. The quantitative estimate of drug-likeness (QED) is 0.604. The van der Waals surface area contributed by atoms with Gasteiger partial charge in [-0.25, -0.2) is 18.1 Å². The summed E-state index contributed by atoms with van der Waals surface area (Å²) >= 11 is 0. The second kappa shape index (κ2) is 7.99. The summed E-state index contributed by atoms with van der Waals surface area (Å²) in [5, 5.41) is 2.73. The molecule has 2 heterocycles. The molecule has 9 heteroatoms. The number of aryl methyl sites for hydroxylation is 2. The molecule has 0 spiro atoms. The van der Waals surface area contributed by atoms with Gasteiger partial charge in [-0.2, -0.15) is 4.98 Å². The van der Waals surface area contributed by atoms with E-state index >= 15 is 0 Å². The number of carbonyl (C=O) groups excluding carboxylic acids is 1. The van der Waals surface area contributed by atoms with Gasteiger partial charge in [0.15, 0.2) is 0 Å². The number of hydrogen-bond donors (Lipinski definition) is 2. The van der Waals surface area contributed by atoms with Crippen molar-refractivity contribution in [3.05, 3.63) is 64.7 Å². The van der Waals surface area contributed by atoms with E-state index in [0.29, 0.717) is 11.3 Å². The topological polar surface area (TPSA) is 110 Å². The van der Waals surface area contributed by atoms with E-state index in [1.54, 1.807) is 6.07 Å². The molecule has 2 N–H and O–H groups in total. The predicted octanol–water partition coefficient (Wildman–Crippen LogP) is 2.99. The van der Waals surface area contributed by atoms with Crippen molar-refractivity contribution in [2.75, 3.05) is 17.9 Å². The second-order valence-electron chi connectivity index (χ2n) is 7.33. The van der Waals surface area contributed by atoms with Crippen molar-refractivity contribution in [2.24, 2.45) is 0 Å². The van der Waals surface area contributed by atoms with Gasteiger partial charge in [0.2, 0.25) is 11.8 Å². The average Bonchev–Trinajstić information content (AvgIpc) is 2.73. The zero-order valence-corrected chi connectivity index (χ0v) is 18.2. The molecular formula is C22H22N4O4S. The first-order valence-corrected chi connectivity index (χ1v) is 11.2. The number of rotatable bonds is 1. The normalized spacial score (nSPS) is 15.4. The Balaban J connectivity index is 1.90. The van der Waals surface area contributed by atoms with Crippen LogP contribution >= 0.6 is 0 Å². The van der Waals surface area contributed by atoms with Crippen LogP contribution in [0.15, 0.2) is 47.4 Å². The van der Waals surface area contributed by atoms with E-state index in [1.807, 2.05) is 39.0 Å². The van der Waals surface area contributed by atoms with Crippen molar-refractivity contribution in [1.82, 2.24) is 15.3 Å². The molecule has 4 bridgehead atoms. The molecule has 2 aromatic carbocycles. The number of carbonyl (C=O) groups is 1. The van der Waals surface area contributed by atoms with Gasteiger partial charge < -0.3 is 10.1 Å². The minimum atomic E-state index is -4.02. The number of ether oxygens (including phenoxy) is 1. The van der Waals surface area contributed by atoms with Crippen LogP contribution in [0.2, 0.25) is 0 Å². The fourth-order valence-electron chi connectivity index (χ4n) is 3.51. The lowest BCUT2D eigenvalue weighted by Crippen LogP contribution is -2.28. The van der Waals surface area contributed by atoms with Gasteiger partial charge >= 0.3 is 0 Å². The van der Waals surface area contributed by atoms with Crippen LogP contribution in [-0.4, -0.2) is 37.4 Å². The van der Waals surface area contributed by atoms with Crippen LogP contribution in [-0.2, 0) is 10.0 Å². The number of anilines is 1. The molecule has 1 amide bonds. The van der Waals surface area contributed by atoms with Crippen LogP contribution in [0.4, 0.5) is 5.95 Å². The SMILES string of the molecule is Cc1cccc(C)c1-c1nc2nc(c1C)OCCNC(=O)c1cccc(c1)S(=O)(=O)N2. The van der Waals surface area contributed by atoms with Gasteiger partial charge in [-0.15, -0.1) is 0 Å². The van der Waals surface area contributed by atoms with E-state index in [4.69, 9.17) is 4.74 Å². The summed E-state index contributed by atoms with van der Waals surface area (Å²) in [6.07, 6.45) is 0. The number of nitrogens with one attached hydrogen (secondary N) is 2. The maximum Gasteiger partial charge on any atom is 0.264 e. The van der Waals surface area contributed by atoms with Crippen molar-refractivity contribution in [1.29, 1.82) is 0 Å². The molecule has 0 aliphatic carbocycles.